The van der Waals surface area contributed by atoms with Crippen molar-refractivity contribution in [3.63, 3.8) is 0 Å². The summed E-state index contributed by atoms with van der Waals surface area (Å²) in [6, 6.07) is 5.92. The molecule has 0 fully saturated rings. The molecular formula is C17H27ClN2O. The highest BCUT2D eigenvalue weighted by Crippen LogP contribution is 2.28. The van der Waals surface area contributed by atoms with Crippen LogP contribution in [0.15, 0.2) is 18.2 Å². The zero-order valence-corrected chi connectivity index (χ0v) is 14.5. The number of nitrogens with one attached hydrogen (secondary N) is 2. The number of hydrogen-bond acceptors (Lipinski definition) is 2. The minimum absolute atomic E-state index is 0. The summed E-state index contributed by atoms with van der Waals surface area (Å²) in [7, 11) is 0. The standard InChI is InChI=1S/C17H26N2O.ClH/c1-16(2,3)11-17(4,5)19-15(20)13-6-7-14-12(10-13)8-9-18-14;/h6-7,10,18H,8-9,11H2,1-5H3,(H,19,20);1H. The molecule has 4 heteroatoms. The van der Waals surface area contributed by atoms with Crippen LogP contribution in [-0.4, -0.2) is 18.0 Å². The minimum Gasteiger partial charge on any atom is -0.384 e. The second-order valence-electron chi connectivity index (χ2n) is 7.62. The number of carbonyl (C=O) groups is 1. The number of anilines is 1. The molecule has 1 amide bonds. The third kappa shape index (κ3) is 4.92. The highest BCUT2D eigenvalue weighted by atomic mass is 35.5. The van der Waals surface area contributed by atoms with Crippen LogP contribution in [0.4, 0.5) is 5.69 Å². The van der Waals surface area contributed by atoms with Gasteiger partial charge in [0.15, 0.2) is 0 Å². The van der Waals surface area contributed by atoms with Crippen molar-refractivity contribution in [1.29, 1.82) is 0 Å². The summed E-state index contributed by atoms with van der Waals surface area (Å²) < 4.78 is 0. The molecule has 3 nitrogen and oxygen atoms in total. The molecular weight excluding hydrogens is 284 g/mol. The van der Waals surface area contributed by atoms with Gasteiger partial charge in [-0.1, -0.05) is 20.8 Å². The van der Waals surface area contributed by atoms with Gasteiger partial charge in [0.2, 0.25) is 0 Å². The molecule has 0 saturated carbocycles. The summed E-state index contributed by atoms with van der Waals surface area (Å²) in [6.45, 7) is 11.7. The number of amides is 1. The Morgan fingerprint density at radius 1 is 1.24 bits per heavy atom. The number of hydrogen-bond donors (Lipinski definition) is 2. The molecule has 0 bridgehead atoms. The van der Waals surface area contributed by atoms with E-state index in [-0.39, 0.29) is 29.3 Å². The molecule has 0 aliphatic carbocycles. The lowest BCUT2D eigenvalue weighted by Crippen LogP contribution is -2.45. The van der Waals surface area contributed by atoms with Gasteiger partial charge in [-0.2, -0.15) is 0 Å². The van der Waals surface area contributed by atoms with E-state index in [0.29, 0.717) is 0 Å². The lowest BCUT2D eigenvalue weighted by molar-refractivity contribution is 0.0891. The van der Waals surface area contributed by atoms with E-state index in [4.69, 9.17) is 0 Å². The highest BCUT2D eigenvalue weighted by molar-refractivity contribution is 5.95. The first-order valence-corrected chi connectivity index (χ1v) is 7.36. The molecule has 0 saturated heterocycles. The van der Waals surface area contributed by atoms with Crippen LogP contribution in [0.25, 0.3) is 0 Å². The lowest BCUT2D eigenvalue weighted by atomic mass is 9.81. The van der Waals surface area contributed by atoms with Crippen LogP contribution >= 0.6 is 12.4 Å². The van der Waals surface area contributed by atoms with Crippen LogP contribution in [0.3, 0.4) is 0 Å². The molecule has 21 heavy (non-hydrogen) atoms. The van der Waals surface area contributed by atoms with Crippen molar-refractivity contribution in [1.82, 2.24) is 5.32 Å². The molecule has 0 spiro atoms. The van der Waals surface area contributed by atoms with E-state index in [2.05, 4.69) is 45.3 Å². The summed E-state index contributed by atoms with van der Waals surface area (Å²) in [5.41, 5.74) is 3.15. The maximum atomic E-state index is 12.4. The Labute approximate surface area is 134 Å². The summed E-state index contributed by atoms with van der Waals surface area (Å²) in [6.07, 6.45) is 1.94. The maximum absolute atomic E-state index is 12.4. The van der Waals surface area contributed by atoms with Gasteiger partial charge in [0.05, 0.1) is 0 Å². The van der Waals surface area contributed by atoms with Gasteiger partial charge in [-0.05, 0) is 55.9 Å². The molecule has 0 aromatic heterocycles. The van der Waals surface area contributed by atoms with Crippen molar-refractivity contribution in [3.8, 4) is 0 Å². The Bertz CT molecular complexity index is 518. The highest BCUT2D eigenvalue weighted by Gasteiger charge is 2.27. The van der Waals surface area contributed by atoms with Crippen LogP contribution in [0.1, 0.15) is 57.0 Å². The summed E-state index contributed by atoms with van der Waals surface area (Å²) >= 11 is 0. The Hall–Kier alpha value is -1.22. The molecule has 118 valence electrons. The number of fused-ring (bicyclic) bond motifs is 1. The van der Waals surface area contributed by atoms with Crippen molar-refractivity contribution in [3.05, 3.63) is 29.3 Å². The van der Waals surface area contributed by atoms with Crippen molar-refractivity contribution >= 4 is 24.0 Å². The third-order valence-corrected chi connectivity index (χ3v) is 3.50. The summed E-state index contributed by atoms with van der Waals surface area (Å²) in [5, 5.41) is 6.47. The molecule has 1 heterocycles. The van der Waals surface area contributed by atoms with Crippen LogP contribution in [-0.2, 0) is 6.42 Å². The lowest BCUT2D eigenvalue weighted by Gasteiger charge is -2.33. The van der Waals surface area contributed by atoms with Gasteiger partial charge in [-0.15, -0.1) is 12.4 Å². The average Bonchev–Trinajstić information content (AvgIpc) is 2.71. The molecule has 2 rings (SSSR count). The normalized spacial score (nSPS) is 14.0. The second-order valence-corrected chi connectivity index (χ2v) is 7.62. The fraction of sp³-hybridized carbons (Fsp3) is 0.588. The van der Waals surface area contributed by atoms with Gasteiger partial charge in [0.1, 0.15) is 0 Å². The predicted molar refractivity (Wildman–Crippen MR) is 91.5 cm³/mol. The van der Waals surface area contributed by atoms with Gasteiger partial charge >= 0.3 is 0 Å². The van der Waals surface area contributed by atoms with Crippen LogP contribution in [0.2, 0.25) is 0 Å². The fourth-order valence-electron chi connectivity index (χ4n) is 3.20. The van der Waals surface area contributed by atoms with Crippen molar-refractivity contribution in [2.75, 3.05) is 11.9 Å². The van der Waals surface area contributed by atoms with Crippen LogP contribution in [0.5, 0.6) is 0 Å². The Morgan fingerprint density at radius 2 is 1.90 bits per heavy atom. The van der Waals surface area contributed by atoms with E-state index >= 15 is 0 Å². The van der Waals surface area contributed by atoms with E-state index in [1.165, 1.54) is 5.56 Å². The van der Waals surface area contributed by atoms with E-state index in [0.717, 1.165) is 30.6 Å². The van der Waals surface area contributed by atoms with Gasteiger partial charge in [-0.25, -0.2) is 0 Å². The topological polar surface area (TPSA) is 41.1 Å². The van der Waals surface area contributed by atoms with E-state index < -0.39 is 0 Å². The fourth-order valence-corrected chi connectivity index (χ4v) is 3.20. The van der Waals surface area contributed by atoms with Crippen molar-refractivity contribution < 1.29 is 4.79 Å². The first kappa shape index (κ1) is 17.8. The summed E-state index contributed by atoms with van der Waals surface area (Å²) in [5.74, 6) is 0.0222. The average molecular weight is 311 g/mol. The summed E-state index contributed by atoms with van der Waals surface area (Å²) in [4.78, 5) is 12.4. The zero-order valence-electron chi connectivity index (χ0n) is 13.7. The van der Waals surface area contributed by atoms with Crippen LogP contribution in [0, 0.1) is 5.41 Å². The first-order chi connectivity index (χ1) is 9.16. The quantitative estimate of drug-likeness (QED) is 0.885. The van der Waals surface area contributed by atoms with Gasteiger partial charge < -0.3 is 10.6 Å². The van der Waals surface area contributed by atoms with E-state index in [1.54, 1.807) is 0 Å². The van der Waals surface area contributed by atoms with E-state index in [1.807, 2.05) is 18.2 Å². The number of halogens is 1. The molecule has 2 N–H and O–H groups in total. The molecule has 0 unspecified atom stereocenters. The second kappa shape index (κ2) is 6.27. The Balaban J connectivity index is 0.00000220. The molecule has 1 aromatic rings. The largest absolute Gasteiger partial charge is 0.384 e. The Morgan fingerprint density at radius 3 is 2.52 bits per heavy atom. The molecule has 0 radical (unpaired) electrons. The molecule has 0 atom stereocenters. The first-order valence-electron chi connectivity index (χ1n) is 7.36. The van der Waals surface area contributed by atoms with E-state index in [9.17, 15) is 4.79 Å². The number of rotatable bonds is 3. The van der Waals surface area contributed by atoms with Gasteiger partial charge in [0.25, 0.3) is 5.91 Å². The molecule has 1 aliphatic rings. The predicted octanol–water partition coefficient (Wildman–Crippen LogP) is 4.02. The zero-order chi connectivity index (χ0) is 15.0. The van der Waals surface area contributed by atoms with Crippen molar-refractivity contribution in [2.45, 2.75) is 53.0 Å². The smallest absolute Gasteiger partial charge is 0.251 e. The number of carbonyl (C=O) groups excluding carboxylic acids is 1. The monoisotopic (exact) mass is 310 g/mol. The Kier molecular flexibility index (Phi) is 5.32. The molecule has 1 aromatic carbocycles. The van der Waals surface area contributed by atoms with Crippen LogP contribution < -0.4 is 10.6 Å². The molecule has 1 aliphatic heterocycles. The maximum Gasteiger partial charge on any atom is 0.251 e. The van der Waals surface area contributed by atoms with Crippen molar-refractivity contribution in [2.24, 2.45) is 5.41 Å². The number of benzene rings is 1. The SMILES string of the molecule is CC(C)(C)CC(C)(C)NC(=O)c1ccc2c(c1)CCN2.Cl. The third-order valence-electron chi connectivity index (χ3n) is 3.50. The van der Waals surface area contributed by atoms with Gasteiger partial charge in [-0.3, -0.25) is 4.79 Å². The minimum atomic E-state index is -0.202. The van der Waals surface area contributed by atoms with Gasteiger partial charge in [0, 0.05) is 23.3 Å².